The molecule has 0 spiro atoms. The van der Waals surface area contributed by atoms with Gasteiger partial charge in [-0.1, -0.05) is 67.4 Å². The molecule has 0 unspecified atom stereocenters. The van der Waals surface area contributed by atoms with E-state index in [0.717, 1.165) is 11.1 Å². The fraction of sp³-hybridized carbons (Fsp3) is 0.160. The quantitative estimate of drug-likeness (QED) is 0.391. The number of hydrogen-bond acceptors (Lipinski definition) is 3. The lowest BCUT2D eigenvalue weighted by atomic mass is 10.0. The number of carbonyl (C=O) groups excluding carboxylic acids is 1. The van der Waals surface area contributed by atoms with E-state index in [2.05, 4.69) is 26.0 Å². The van der Waals surface area contributed by atoms with Gasteiger partial charge in [0.1, 0.15) is 18.1 Å². The fourth-order valence-electron chi connectivity index (χ4n) is 3.19. The number of benzene rings is 3. The van der Waals surface area contributed by atoms with Gasteiger partial charge in [0.2, 0.25) is 5.78 Å². The van der Waals surface area contributed by atoms with Gasteiger partial charge in [0.25, 0.3) is 0 Å². The molecule has 0 saturated carbocycles. The standard InChI is InChI=1S/C25H20Cl2O3/c1-15(2)17-5-3-16(4-6-17)11-24-25(28)21-10-9-20(13-23(21)30-24)29-14-18-7-8-19(26)12-22(18)27/h3-13,15H,14H2,1-2H3. The number of halogens is 2. The second-order valence-electron chi connectivity index (χ2n) is 7.44. The van der Waals surface area contributed by atoms with Gasteiger partial charge in [0, 0.05) is 21.7 Å². The van der Waals surface area contributed by atoms with Crippen LogP contribution in [0.1, 0.15) is 46.8 Å². The molecular formula is C25H20Cl2O3. The second kappa shape index (κ2) is 8.55. The monoisotopic (exact) mass is 438 g/mol. The third-order valence-corrected chi connectivity index (χ3v) is 5.54. The molecule has 5 heteroatoms. The first-order chi connectivity index (χ1) is 14.4. The summed E-state index contributed by atoms with van der Waals surface area (Å²) >= 11 is 12.1. The molecule has 0 bridgehead atoms. The van der Waals surface area contributed by atoms with Crippen LogP contribution >= 0.6 is 23.2 Å². The van der Waals surface area contributed by atoms with Gasteiger partial charge in [0.05, 0.1) is 5.56 Å². The number of ether oxygens (including phenoxy) is 2. The number of fused-ring (bicyclic) bond motifs is 1. The summed E-state index contributed by atoms with van der Waals surface area (Å²) < 4.78 is 11.6. The summed E-state index contributed by atoms with van der Waals surface area (Å²) in [5.74, 6) is 1.71. The number of allylic oxidation sites excluding steroid dienone is 1. The highest BCUT2D eigenvalue weighted by atomic mass is 35.5. The van der Waals surface area contributed by atoms with E-state index in [-0.39, 0.29) is 12.4 Å². The summed E-state index contributed by atoms with van der Waals surface area (Å²) in [5.41, 5.74) is 3.52. The van der Waals surface area contributed by atoms with Crippen LogP contribution in [0.15, 0.2) is 66.4 Å². The third kappa shape index (κ3) is 4.38. The van der Waals surface area contributed by atoms with Crippen LogP contribution in [0.4, 0.5) is 0 Å². The molecule has 30 heavy (non-hydrogen) atoms. The molecular weight excluding hydrogens is 419 g/mol. The van der Waals surface area contributed by atoms with Crippen LogP contribution in [0.25, 0.3) is 6.08 Å². The predicted octanol–water partition coefficient (Wildman–Crippen LogP) is 7.31. The Bertz CT molecular complexity index is 1130. The highest BCUT2D eigenvalue weighted by Crippen LogP contribution is 2.35. The van der Waals surface area contributed by atoms with Crippen molar-refractivity contribution in [2.75, 3.05) is 0 Å². The van der Waals surface area contributed by atoms with Gasteiger partial charge in [-0.15, -0.1) is 0 Å². The third-order valence-electron chi connectivity index (χ3n) is 4.95. The number of rotatable bonds is 5. The maximum absolute atomic E-state index is 12.7. The van der Waals surface area contributed by atoms with Crippen molar-refractivity contribution in [3.05, 3.63) is 98.7 Å². The van der Waals surface area contributed by atoms with Crippen molar-refractivity contribution in [1.82, 2.24) is 0 Å². The minimum absolute atomic E-state index is 0.134. The largest absolute Gasteiger partial charge is 0.489 e. The van der Waals surface area contributed by atoms with Crippen LogP contribution in [-0.2, 0) is 6.61 Å². The van der Waals surface area contributed by atoms with Crippen molar-refractivity contribution < 1.29 is 14.3 Å². The molecule has 4 rings (SSSR count). The highest BCUT2D eigenvalue weighted by molar-refractivity contribution is 6.35. The van der Waals surface area contributed by atoms with Crippen molar-refractivity contribution >= 4 is 35.1 Å². The van der Waals surface area contributed by atoms with E-state index in [9.17, 15) is 4.79 Å². The first-order valence-corrected chi connectivity index (χ1v) is 10.4. The molecule has 0 fully saturated rings. The molecule has 0 amide bonds. The van der Waals surface area contributed by atoms with E-state index >= 15 is 0 Å². The zero-order valence-corrected chi connectivity index (χ0v) is 18.1. The molecule has 1 aliphatic rings. The predicted molar refractivity (Wildman–Crippen MR) is 121 cm³/mol. The lowest BCUT2D eigenvalue weighted by Gasteiger charge is -2.09. The van der Waals surface area contributed by atoms with Crippen molar-refractivity contribution in [3.63, 3.8) is 0 Å². The summed E-state index contributed by atoms with van der Waals surface area (Å²) in [7, 11) is 0. The summed E-state index contributed by atoms with van der Waals surface area (Å²) in [5, 5.41) is 1.12. The van der Waals surface area contributed by atoms with Gasteiger partial charge in [-0.2, -0.15) is 0 Å². The minimum atomic E-state index is -0.134. The van der Waals surface area contributed by atoms with Crippen molar-refractivity contribution in [3.8, 4) is 11.5 Å². The van der Waals surface area contributed by atoms with E-state index in [1.54, 1.807) is 36.4 Å². The van der Waals surface area contributed by atoms with Gasteiger partial charge >= 0.3 is 0 Å². The molecule has 1 heterocycles. The number of ketones is 1. The van der Waals surface area contributed by atoms with E-state index in [4.69, 9.17) is 32.7 Å². The first kappa shape index (κ1) is 20.5. The molecule has 0 aromatic heterocycles. The van der Waals surface area contributed by atoms with E-state index in [1.165, 1.54) is 5.56 Å². The Morgan fingerprint density at radius 1 is 1.00 bits per heavy atom. The Labute approximate surface area is 185 Å². The smallest absolute Gasteiger partial charge is 0.231 e. The molecule has 152 valence electrons. The van der Waals surface area contributed by atoms with E-state index in [1.807, 2.05) is 18.2 Å². The summed E-state index contributed by atoms with van der Waals surface area (Å²) in [6.45, 7) is 4.58. The molecule has 3 aromatic carbocycles. The van der Waals surface area contributed by atoms with E-state index in [0.29, 0.717) is 38.8 Å². The molecule has 1 aliphatic heterocycles. The van der Waals surface area contributed by atoms with Crippen molar-refractivity contribution in [2.45, 2.75) is 26.4 Å². The van der Waals surface area contributed by atoms with Crippen LogP contribution in [0.3, 0.4) is 0 Å². The van der Waals surface area contributed by atoms with Crippen LogP contribution in [-0.4, -0.2) is 5.78 Å². The Balaban J connectivity index is 1.49. The minimum Gasteiger partial charge on any atom is -0.489 e. The van der Waals surface area contributed by atoms with Gasteiger partial charge in [-0.05, 0) is 47.4 Å². The summed E-state index contributed by atoms with van der Waals surface area (Å²) in [4.78, 5) is 12.7. The van der Waals surface area contributed by atoms with Crippen LogP contribution in [0.5, 0.6) is 11.5 Å². The van der Waals surface area contributed by atoms with Crippen molar-refractivity contribution in [2.24, 2.45) is 0 Å². The molecule has 0 N–H and O–H groups in total. The lowest BCUT2D eigenvalue weighted by molar-refractivity contribution is 0.101. The van der Waals surface area contributed by atoms with Crippen molar-refractivity contribution in [1.29, 1.82) is 0 Å². The fourth-order valence-corrected chi connectivity index (χ4v) is 3.65. The van der Waals surface area contributed by atoms with Gasteiger partial charge in [-0.25, -0.2) is 0 Å². The molecule has 0 aliphatic carbocycles. The van der Waals surface area contributed by atoms with Crippen LogP contribution < -0.4 is 9.47 Å². The molecule has 3 aromatic rings. The number of Topliss-reactive ketones (excluding diaryl/α,β-unsaturated/α-hetero) is 1. The Morgan fingerprint density at radius 3 is 2.47 bits per heavy atom. The molecule has 0 atom stereocenters. The van der Waals surface area contributed by atoms with E-state index < -0.39 is 0 Å². The molecule has 3 nitrogen and oxygen atoms in total. The van der Waals surface area contributed by atoms with Gasteiger partial charge in [-0.3, -0.25) is 4.79 Å². The first-order valence-electron chi connectivity index (χ1n) is 9.65. The van der Waals surface area contributed by atoms with Crippen LogP contribution in [0, 0.1) is 0 Å². The summed E-state index contributed by atoms with van der Waals surface area (Å²) in [6.07, 6.45) is 1.76. The lowest BCUT2D eigenvalue weighted by Crippen LogP contribution is -1.98. The Morgan fingerprint density at radius 2 is 1.77 bits per heavy atom. The second-order valence-corrected chi connectivity index (χ2v) is 8.29. The SMILES string of the molecule is CC(C)c1ccc(C=C2Oc3cc(OCc4ccc(Cl)cc4Cl)ccc3C2=O)cc1. The maximum Gasteiger partial charge on any atom is 0.231 e. The van der Waals surface area contributed by atoms with Gasteiger partial charge in [0.15, 0.2) is 5.76 Å². The normalized spacial score (nSPS) is 14.2. The zero-order valence-electron chi connectivity index (χ0n) is 16.6. The molecule has 0 radical (unpaired) electrons. The number of hydrogen-bond donors (Lipinski definition) is 0. The average Bonchev–Trinajstić information content (AvgIpc) is 3.02. The average molecular weight is 439 g/mol. The number of carbonyl (C=O) groups is 1. The Kier molecular flexibility index (Phi) is 5.85. The maximum atomic E-state index is 12.7. The highest BCUT2D eigenvalue weighted by Gasteiger charge is 2.27. The zero-order chi connectivity index (χ0) is 21.3. The van der Waals surface area contributed by atoms with Gasteiger partial charge < -0.3 is 9.47 Å². The topological polar surface area (TPSA) is 35.5 Å². The summed E-state index contributed by atoms with van der Waals surface area (Å²) in [6, 6.07) is 18.6. The Hall–Kier alpha value is -2.75. The molecule has 0 saturated heterocycles. The van der Waals surface area contributed by atoms with Crippen LogP contribution in [0.2, 0.25) is 10.0 Å².